The SMILES string of the molecule is CCC1=C(C)c2nc1cc1[nH]c(cc3[nH]c(cc4nc(c2-c2cc(OCc5cc(C)cc(C)c5)cc(OCc5cc(C)cc(C)c5)c2)C(C)=C4CC)c(C)c3CCC(=O)OC)c(CCC(=O)OC)c1C. The number of hydrogen-bond donors (Lipinski definition) is 2. The van der Waals surface area contributed by atoms with Crippen molar-refractivity contribution in [2.75, 3.05) is 14.2 Å². The van der Waals surface area contributed by atoms with Crippen LogP contribution < -0.4 is 9.47 Å². The van der Waals surface area contributed by atoms with Gasteiger partial charge in [0, 0.05) is 46.5 Å². The van der Waals surface area contributed by atoms with Gasteiger partial charge in [0.15, 0.2) is 0 Å². The number of rotatable bonds is 15. The van der Waals surface area contributed by atoms with Gasteiger partial charge in [0.25, 0.3) is 0 Å². The predicted molar refractivity (Wildman–Crippen MR) is 283 cm³/mol. The molecule has 0 fully saturated rings. The van der Waals surface area contributed by atoms with E-state index in [0.717, 1.165) is 124 Å². The molecule has 0 aliphatic carbocycles. The molecule has 70 heavy (non-hydrogen) atoms. The number of nitrogens with zero attached hydrogens (tertiary/aromatic N) is 2. The third kappa shape index (κ3) is 10.4. The number of methoxy groups -OCH3 is 2. The number of aromatic nitrogens is 4. The van der Waals surface area contributed by atoms with Gasteiger partial charge in [0.2, 0.25) is 0 Å². The van der Waals surface area contributed by atoms with Gasteiger partial charge in [-0.3, -0.25) is 9.59 Å². The number of nitrogens with one attached hydrogen (secondary N) is 2. The van der Waals surface area contributed by atoms with E-state index in [2.05, 4.69) is 146 Å². The standard InChI is InChI=1S/C60H66N4O6/c1-13-46-39(9)59-58(43-25-44(69-31-41-21-33(3)19-34(4)22-41)27-45(26-43)70-32-42-23-35(5)20-36(6)24-42)60-40(10)47(14-2)53(64-60)29-51-38(8)49(16-18-57(66)68-12)55(62-51)30-54-48(15-17-56(65)67-11)37(7)50(61-54)28-52(46)63-59/h19-30,61-62H,13-18,31-32H2,1-12H3. The van der Waals surface area contributed by atoms with Crippen molar-refractivity contribution < 1.29 is 28.5 Å². The lowest BCUT2D eigenvalue weighted by atomic mass is 9.93. The molecular weight excluding hydrogens is 873 g/mol. The van der Waals surface area contributed by atoms with Crippen molar-refractivity contribution in [1.82, 2.24) is 19.9 Å². The van der Waals surface area contributed by atoms with Crippen molar-refractivity contribution in [2.45, 2.75) is 121 Å². The van der Waals surface area contributed by atoms with Crippen LogP contribution in [0.1, 0.15) is 132 Å². The Labute approximate surface area is 412 Å². The lowest BCUT2D eigenvalue weighted by Gasteiger charge is -2.16. The number of fused-ring (bicyclic) bond motifs is 8. The fraction of sp³-hybridized carbons (Fsp3) is 0.333. The minimum absolute atomic E-state index is 0.220. The number of esters is 2. The van der Waals surface area contributed by atoms with Crippen LogP contribution in [0.25, 0.3) is 55.5 Å². The van der Waals surface area contributed by atoms with E-state index in [9.17, 15) is 9.59 Å². The molecule has 3 aromatic carbocycles. The highest BCUT2D eigenvalue weighted by atomic mass is 16.5. The first-order valence-corrected chi connectivity index (χ1v) is 24.4. The maximum Gasteiger partial charge on any atom is 0.305 e. The molecule has 0 unspecified atom stereocenters. The lowest BCUT2D eigenvalue weighted by molar-refractivity contribution is -0.141. The van der Waals surface area contributed by atoms with Crippen LogP contribution in [0.4, 0.5) is 0 Å². The molecule has 2 aliphatic heterocycles. The van der Waals surface area contributed by atoms with Crippen LogP contribution >= 0.6 is 0 Å². The maximum atomic E-state index is 12.6. The quantitative estimate of drug-likeness (QED) is 0.0974. The van der Waals surface area contributed by atoms with E-state index < -0.39 is 0 Å². The van der Waals surface area contributed by atoms with Crippen molar-refractivity contribution in [3.63, 3.8) is 0 Å². The van der Waals surface area contributed by atoms with Crippen molar-refractivity contribution in [2.24, 2.45) is 0 Å². The highest BCUT2D eigenvalue weighted by Crippen LogP contribution is 2.45. The molecule has 5 heterocycles. The van der Waals surface area contributed by atoms with Crippen LogP contribution in [-0.4, -0.2) is 46.1 Å². The van der Waals surface area contributed by atoms with Gasteiger partial charge < -0.3 is 28.9 Å². The van der Waals surface area contributed by atoms with Gasteiger partial charge in [-0.25, -0.2) is 9.97 Å². The summed E-state index contributed by atoms with van der Waals surface area (Å²) in [7, 11) is 2.84. The fourth-order valence-electron chi connectivity index (χ4n) is 10.4. The first-order chi connectivity index (χ1) is 33.6. The molecule has 0 atom stereocenters. The molecule has 0 saturated heterocycles. The van der Waals surface area contributed by atoms with Crippen molar-refractivity contribution >= 4 is 56.3 Å². The van der Waals surface area contributed by atoms with Crippen molar-refractivity contribution in [3.05, 3.63) is 151 Å². The van der Waals surface area contributed by atoms with E-state index in [1.807, 2.05) is 6.07 Å². The van der Waals surface area contributed by atoms with E-state index >= 15 is 0 Å². The minimum atomic E-state index is -0.280. The number of H-pyrrole nitrogens is 2. The first-order valence-electron chi connectivity index (χ1n) is 24.4. The topological polar surface area (TPSA) is 128 Å². The summed E-state index contributed by atoms with van der Waals surface area (Å²) >= 11 is 0. The Morgan fingerprint density at radius 3 is 1.27 bits per heavy atom. The monoisotopic (exact) mass is 938 g/mol. The van der Waals surface area contributed by atoms with E-state index in [-0.39, 0.29) is 24.8 Å². The molecule has 0 radical (unpaired) electrons. The van der Waals surface area contributed by atoms with Gasteiger partial charge in [0.05, 0.1) is 37.0 Å². The van der Waals surface area contributed by atoms with Crippen LogP contribution in [0.5, 0.6) is 11.5 Å². The summed E-state index contributed by atoms with van der Waals surface area (Å²) < 4.78 is 23.7. The molecule has 10 heteroatoms. The van der Waals surface area contributed by atoms with Crippen molar-refractivity contribution in [3.8, 4) is 22.6 Å². The Bertz CT molecular complexity index is 3040. The Balaban J connectivity index is 1.45. The Hall–Kier alpha value is -7.20. The van der Waals surface area contributed by atoms with Crippen LogP contribution in [0, 0.1) is 41.5 Å². The molecular formula is C60H66N4O6. The van der Waals surface area contributed by atoms with Crippen LogP contribution in [0.3, 0.4) is 0 Å². The van der Waals surface area contributed by atoms with Gasteiger partial charge in [-0.05, 0) is 173 Å². The number of carbonyl (C=O) groups excluding carboxylic acids is 2. The zero-order valence-corrected chi connectivity index (χ0v) is 42.9. The largest absolute Gasteiger partial charge is 0.489 e. The number of aryl methyl sites for hydroxylation is 8. The van der Waals surface area contributed by atoms with Crippen molar-refractivity contribution in [1.29, 1.82) is 0 Å². The Morgan fingerprint density at radius 2 is 0.900 bits per heavy atom. The molecule has 0 spiro atoms. The molecule has 362 valence electrons. The zero-order valence-electron chi connectivity index (χ0n) is 42.9. The summed E-state index contributed by atoms with van der Waals surface area (Å²) in [6.45, 7) is 22.1. The molecule has 8 bridgehead atoms. The summed E-state index contributed by atoms with van der Waals surface area (Å²) in [5, 5.41) is 0. The number of carbonyl (C=O) groups is 2. The second-order valence-electron chi connectivity index (χ2n) is 18.9. The molecule has 2 aliphatic rings. The van der Waals surface area contributed by atoms with Gasteiger partial charge in [-0.2, -0.15) is 0 Å². The van der Waals surface area contributed by atoms with Crippen LogP contribution in [-0.2, 0) is 45.1 Å². The third-order valence-electron chi connectivity index (χ3n) is 13.8. The number of benzene rings is 3. The highest BCUT2D eigenvalue weighted by molar-refractivity contribution is 6.02. The summed E-state index contributed by atoms with van der Waals surface area (Å²) in [6, 6.07) is 25.6. The summed E-state index contributed by atoms with van der Waals surface area (Å²) in [4.78, 5) is 43.9. The van der Waals surface area contributed by atoms with Crippen LogP contribution in [0.2, 0.25) is 0 Å². The number of allylic oxidation sites excluding steroid dienone is 4. The third-order valence-corrected chi connectivity index (χ3v) is 13.8. The van der Waals surface area contributed by atoms with E-state index in [0.29, 0.717) is 37.6 Å². The molecule has 10 nitrogen and oxygen atoms in total. The van der Waals surface area contributed by atoms with E-state index in [4.69, 9.17) is 28.9 Å². The predicted octanol–water partition coefficient (Wildman–Crippen LogP) is 13.9. The molecule has 2 N–H and O–H groups in total. The average molecular weight is 939 g/mol. The van der Waals surface area contributed by atoms with Gasteiger partial charge in [0.1, 0.15) is 24.7 Å². The number of ether oxygens (including phenoxy) is 4. The van der Waals surface area contributed by atoms with E-state index in [1.165, 1.54) is 36.5 Å². The minimum Gasteiger partial charge on any atom is -0.489 e. The second-order valence-corrected chi connectivity index (χ2v) is 18.9. The average Bonchev–Trinajstić information content (AvgIpc) is 4.00. The summed E-state index contributed by atoms with van der Waals surface area (Å²) in [5.74, 6) is 0.782. The first kappa shape index (κ1) is 49.2. The van der Waals surface area contributed by atoms with E-state index in [1.54, 1.807) is 0 Å². The lowest BCUT2D eigenvalue weighted by Crippen LogP contribution is -2.02. The number of aromatic amines is 2. The summed E-state index contributed by atoms with van der Waals surface area (Å²) in [5.41, 5.74) is 24.0. The molecule has 3 aromatic heterocycles. The van der Waals surface area contributed by atoms with Gasteiger partial charge in [-0.15, -0.1) is 0 Å². The molecule has 6 aromatic rings. The summed E-state index contributed by atoms with van der Waals surface area (Å²) in [6.07, 6.45) is 2.87. The second kappa shape index (κ2) is 20.8. The Morgan fingerprint density at radius 1 is 0.500 bits per heavy atom. The molecule has 8 rings (SSSR count). The molecule has 0 saturated carbocycles. The smallest absolute Gasteiger partial charge is 0.305 e. The normalized spacial score (nSPS) is 12.5. The zero-order chi connectivity index (χ0) is 50.0. The van der Waals surface area contributed by atoms with Crippen LogP contribution in [0.15, 0.2) is 72.8 Å². The highest BCUT2D eigenvalue weighted by Gasteiger charge is 2.27. The molecule has 0 amide bonds. The number of hydrogen-bond acceptors (Lipinski definition) is 8. The van der Waals surface area contributed by atoms with Gasteiger partial charge >= 0.3 is 11.9 Å². The van der Waals surface area contributed by atoms with Gasteiger partial charge in [-0.1, -0.05) is 72.5 Å². The fourth-order valence-corrected chi connectivity index (χ4v) is 10.4. The maximum absolute atomic E-state index is 12.6. The Kier molecular flexibility index (Phi) is 14.6.